The smallest absolute Gasteiger partial charge is 0.184 e. The average Bonchev–Trinajstić information content (AvgIpc) is 3.05. The van der Waals surface area contributed by atoms with E-state index < -0.39 is 8.32 Å². The van der Waals surface area contributed by atoms with Crippen LogP contribution in [0.5, 0.6) is 5.75 Å². The van der Waals surface area contributed by atoms with Crippen LogP contribution in [0.2, 0.25) is 19.6 Å². The summed E-state index contributed by atoms with van der Waals surface area (Å²) in [5, 5.41) is 0. The molecule has 1 aromatic rings. The van der Waals surface area contributed by atoms with Gasteiger partial charge < -0.3 is 9.16 Å². The highest BCUT2D eigenvalue weighted by Gasteiger charge is 2.34. The van der Waals surface area contributed by atoms with E-state index in [9.17, 15) is 4.39 Å². The Bertz CT molecular complexity index is 564. The van der Waals surface area contributed by atoms with Crippen LogP contribution in [-0.4, -0.2) is 14.4 Å². The first-order chi connectivity index (χ1) is 12.2. The van der Waals surface area contributed by atoms with Crippen LogP contribution in [-0.2, 0) is 10.0 Å². The minimum Gasteiger partial charge on any atom is -0.487 e. The van der Waals surface area contributed by atoms with E-state index in [1.54, 1.807) is 6.07 Å². The third-order valence-electron chi connectivity index (χ3n) is 5.18. The third-order valence-corrected chi connectivity index (χ3v) is 6.24. The molecule has 2 rings (SSSR count). The molecule has 148 valence electrons. The molecule has 0 heterocycles. The normalized spacial score (nSPS) is 18.1. The lowest BCUT2D eigenvalue weighted by atomic mass is 9.90. The molecule has 1 aromatic carbocycles. The zero-order valence-electron chi connectivity index (χ0n) is 17.4. The van der Waals surface area contributed by atoms with E-state index >= 15 is 0 Å². The van der Waals surface area contributed by atoms with Crippen molar-refractivity contribution in [2.24, 2.45) is 0 Å². The quantitative estimate of drug-likeness (QED) is 0.316. The van der Waals surface area contributed by atoms with Gasteiger partial charge in [0, 0.05) is 0 Å². The van der Waals surface area contributed by atoms with Crippen molar-refractivity contribution in [3.8, 4) is 5.75 Å². The average molecular weight is 381 g/mol. The SMILES string of the molecule is CCCCCCC(C)(O[Si](C)(C)C)c1ccc(F)c(OC2CCCC2)c1. The maximum absolute atomic E-state index is 14.3. The van der Waals surface area contributed by atoms with E-state index in [0.29, 0.717) is 5.75 Å². The third kappa shape index (κ3) is 6.38. The first-order valence-corrected chi connectivity index (χ1v) is 13.8. The molecule has 0 N–H and O–H groups in total. The monoisotopic (exact) mass is 380 g/mol. The summed E-state index contributed by atoms with van der Waals surface area (Å²) < 4.78 is 27.0. The summed E-state index contributed by atoms with van der Waals surface area (Å²) in [5.41, 5.74) is 0.672. The molecule has 0 saturated heterocycles. The van der Waals surface area contributed by atoms with E-state index in [1.165, 1.54) is 32.1 Å². The van der Waals surface area contributed by atoms with Crippen LogP contribution in [0.3, 0.4) is 0 Å². The predicted octanol–water partition coefficient (Wildman–Crippen LogP) is 7.18. The summed E-state index contributed by atoms with van der Waals surface area (Å²) in [7, 11) is -1.75. The van der Waals surface area contributed by atoms with E-state index in [4.69, 9.17) is 9.16 Å². The van der Waals surface area contributed by atoms with Crippen molar-refractivity contribution in [1.82, 2.24) is 0 Å². The second-order valence-corrected chi connectivity index (χ2v) is 13.4. The Hall–Kier alpha value is -0.873. The van der Waals surface area contributed by atoms with E-state index in [1.807, 2.05) is 12.1 Å². The fraction of sp³-hybridized carbons (Fsp3) is 0.727. The minimum atomic E-state index is -1.75. The summed E-state index contributed by atoms with van der Waals surface area (Å²) in [5.74, 6) is 0.135. The van der Waals surface area contributed by atoms with E-state index in [2.05, 4.69) is 33.5 Å². The van der Waals surface area contributed by atoms with Crippen molar-refractivity contribution in [3.05, 3.63) is 29.6 Å². The van der Waals surface area contributed by atoms with Gasteiger partial charge in [-0.3, -0.25) is 0 Å². The Morgan fingerprint density at radius 2 is 1.81 bits per heavy atom. The van der Waals surface area contributed by atoms with Crippen molar-refractivity contribution in [1.29, 1.82) is 0 Å². The van der Waals surface area contributed by atoms with Gasteiger partial charge in [-0.15, -0.1) is 0 Å². The fourth-order valence-electron chi connectivity index (χ4n) is 3.93. The molecule has 1 aliphatic rings. The van der Waals surface area contributed by atoms with Gasteiger partial charge >= 0.3 is 0 Å². The summed E-state index contributed by atoms with van der Waals surface area (Å²) in [6, 6.07) is 5.34. The lowest BCUT2D eigenvalue weighted by molar-refractivity contribution is 0.0647. The number of unbranched alkanes of at least 4 members (excludes halogenated alkanes) is 3. The lowest BCUT2D eigenvalue weighted by Crippen LogP contribution is -2.38. The largest absolute Gasteiger partial charge is 0.487 e. The highest BCUT2D eigenvalue weighted by molar-refractivity contribution is 6.69. The van der Waals surface area contributed by atoms with Crippen LogP contribution < -0.4 is 4.74 Å². The second kappa shape index (κ2) is 9.36. The van der Waals surface area contributed by atoms with Crippen molar-refractivity contribution in [2.45, 2.75) is 103 Å². The zero-order chi connectivity index (χ0) is 19.2. The molecule has 26 heavy (non-hydrogen) atoms. The Kier molecular flexibility index (Phi) is 7.72. The van der Waals surface area contributed by atoms with Crippen LogP contribution in [0.15, 0.2) is 18.2 Å². The maximum Gasteiger partial charge on any atom is 0.184 e. The van der Waals surface area contributed by atoms with Gasteiger partial charge in [-0.05, 0) is 76.4 Å². The molecule has 2 nitrogen and oxygen atoms in total. The lowest BCUT2D eigenvalue weighted by Gasteiger charge is -2.37. The van der Waals surface area contributed by atoms with E-state index in [0.717, 1.165) is 31.2 Å². The Labute approximate surface area is 160 Å². The van der Waals surface area contributed by atoms with Crippen LogP contribution in [0.4, 0.5) is 4.39 Å². The summed E-state index contributed by atoms with van der Waals surface area (Å²) in [6.45, 7) is 11.1. The van der Waals surface area contributed by atoms with Gasteiger partial charge in [-0.2, -0.15) is 0 Å². The number of benzene rings is 1. The minimum absolute atomic E-state index is 0.161. The molecule has 1 atom stereocenters. The van der Waals surface area contributed by atoms with Gasteiger partial charge in [0.15, 0.2) is 19.9 Å². The fourth-order valence-corrected chi connectivity index (χ4v) is 5.50. The summed E-state index contributed by atoms with van der Waals surface area (Å²) >= 11 is 0. The standard InChI is InChI=1S/C22H37FO2Si/c1-6-7-8-11-16-22(2,25-26(3,4)5)18-14-15-20(23)21(17-18)24-19-12-9-10-13-19/h14-15,17,19H,6-13,16H2,1-5H3. The molecule has 0 amide bonds. The number of rotatable bonds is 10. The predicted molar refractivity (Wildman–Crippen MR) is 110 cm³/mol. The van der Waals surface area contributed by atoms with Crippen molar-refractivity contribution < 1.29 is 13.6 Å². The first kappa shape index (κ1) is 21.4. The highest BCUT2D eigenvalue weighted by Crippen LogP contribution is 2.37. The topological polar surface area (TPSA) is 18.5 Å². The molecule has 0 aliphatic heterocycles. The summed E-state index contributed by atoms with van der Waals surface area (Å²) in [6.07, 6.45) is 10.4. The molecule has 1 unspecified atom stereocenters. The zero-order valence-corrected chi connectivity index (χ0v) is 18.4. The van der Waals surface area contributed by atoms with Gasteiger partial charge in [0.25, 0.3) is 0 Å². The van der Waals surface area contributed by atoms with Gasteiger partial charge in [-0.25, -0.2) is 4.39 Å². The van der Waals surface area contributed by atoms with E-state index in [-0.39, 0.29) is 17.5 Å². The second-order valence-electron chi connectivity index (χ2n) is 8.93. The van der Waals surface area contributed by atoms with Crippen LogP contribution in [0, 0.1) is 5.82 Å². The molecule has 0 spiro atoms. The maximum atomic E-state index is 14.3. The van der Waals surface area contributed by atoms with Crippen LogP contribution in [0.25, 0.3) is 0 Å². The molecule has 0 radical (unpaired) electrons. The molecule has 4 heteroatoms. The van der Waals surface area contributed by atoms with Crippen molar-refractivity contribution in [2.75, 3.05) is 0 Å². The highest BCUT2D eigenvalue weighted by atomic mass is 28.4. The van der Waals surface area contributed by atoms with Gasteiger partial charge in [0.1, 0.15) is 0 Å². The Balaban J connectivity index is 2.21. The molecule has 0 aromatic heterocycles. The first-order valence-electron chi connectivity index (χ1n) is 10.4. The molecule has 1 fully saturated rings. The van der Waals surface area contributed by atoms with Crippen LogP contribution >= 0.6 is 0 Å². The Morgan fingerprint density at radius 3 is 2.42 bits per heavy atom. The molecule has 1 saturated carbocycles. The van der Waals surface area contributed by atoms with Crippen molar-refractivity contribution >= 4 is 8.32 Å². The number of ether oxygens (including phenoxy) is 1. The summed E-state index contributed by atoms with van der Waals surface area (Å²) in [4.78, 5) is 0. The Morgan fingerprint density at radius 1 is 1.12 bits per heavy atom. The van der Waals surface area contributed by atoms with Crippen molar-refractivity contribution in [3.63, 3.8) is 0 Å². The number of hydrogen-bond donors (Lipinski definition) is 0. The van der Waals surface area contributed by atoms with Gasteiger partial charge in [0.2, 0.25) is 0 Å². The van der Waals surface area contributed by atoms with Crippen LogP contribution in [0.1, 0.15) is 77.2 Å². The molecule has 1 aliphatic carbocycles. The molecule has 0 bridgehead atoms. The molecular weight excluding hydrogens is 343 g/mol. The molecular formula is C22H37FO2Si. The number of halogens is 1. The number of hydrogen-bond acceptors (Lipinski definition) is 2. The van der Waals surface area contributed by atoms with Gasteiger partial charge in [0.05, 0.1) is 11.7 Å². The van der Waals surface area contributed by atoms with Gasteiger partial charge in [-0.1, -0.05) is 38.7 Å².